The van der Waals surface area contributed by atoms with E-state index in [1.165, 1.54) is 41.3 Å². The normalized spacial score (nSPS) is 19.9. The van der Waals surface area contributed by atoms with Gasteiger partial charge in [0.15, 0.2) is 5.78 Å². The largest absolute Gasteiger partial charge is 0.416 e. The SMILES string of the molecule is CC1(C)CC(=O)C2=C(C1)N(c1cccc(C(F)(F)F)c1)C(N)=C(C#N)[C@H]2c1ccc([N+](=O)[O-])cc1. The summed E-state index contributed by atoms with van der Waals surface area (Å²) in [6, 6.07) is 12.1. The summed E-state index contributed by atoms with van der Waals surface area (Å²) in [4.78, 5) is 25.3. The maximum absolute atomic E-state index is 13.4. The third-order valence-electron chi connectivity index (χ3n) is 6.25. The van der Waals surface area contributed by atoms with Crippen LogP contribution in [0.4, 0.5) is 24.5 Å². The molecule has 0 bridgehead atoms. The van der Waals surface area contributed by atoms with Gasteiger partial charge in [-0.15, -0.1) is 0 Å². The van der Waals surface area contributed by atoms with E-state index < -0.39 is 28.0 Å². The highest BCUT2D eigenvalue weighted by Crippen LogP contribution is 2.50. The van der Waals surface area contributed by atoms with Crippen LogP contribution < -0.4 is 10.6 Å². The van der Waals surface area contributed by atoms with Gasteiger partial charge in [-0.3, -0.25) is 19.8 Å². The molecule has 10 heteroatoms. The summed E-state index contributed by atoms with van der Waals surface area (Å²) < 4.78 is 40.3. The molecule has 2 aromatic rings. The van der Waals surface area contributed by atoms with E-state index in [1.54, 1.807) is 0 Å². The molecule has 0 spiro atoms. The Morgan fingerprint density at radius 3 is 2.40 bits per heavy atom. The molecule has 1 atom stereocenters. The Morgan fingerprint density at radius 1 is 1.17 bits per heavy atom. The van der Waals surface area contributed by atoms with Crippen molar-refractivity contribution in [1.82, 2.24) is 0 Å². The molecule has 0 saturated carbocycles. The number of nitro benzene ring substituents is 1. The Hall–Kier alpha value is -4.13. The quantitative estimate of drug-likeness (QED) is 0.453. The minimum Gasteiger partial charge on any atom is -0.384 e. The first kappa shape index (κ1) is 24.0. The predicted octanol–water partition coefficient (Wildman–Crippen LogP) is 5.55. The van der Waals surface area contributed by atoms with Crippen molar-refractivity contribution < 1.29 is 22.9 Å². The van der Waals surface area contributed by atoms with E-state index in [0.717, 1.165) is 12.1 Å². The molecule has 2 aromatic carbocycles. The van der Waals surface area contributed by atoms with Gasteiger partial charge in [0.25, 0.3) is 5.69 Å². The smallest absolute Gasteiger partial charge is 0.384 e. The number of allylic oxidation sites excluding steroid dienone is 3. The van der Waals surface area contributed by atoms with Crippen LogP contribution in [0.15, 0.2) is 71.2 Å². The summed E-state index contributed by atoms with van der Waals surface area (Å²) >= 11 is 0. The molecule has 0 fully saturated rings. The molecule has 4 rings (SSSR count). The molecule has 0 saturated heterocycles. The number of anilines is 1. The van der Waals surface area contributed by atoms with Crippen molar-refractivity contribution in [2.45, 2.75) is 38.8 Å². The molecule has 0 radical (unpaired) electrons. The maximum Gasteiger partial charge on any atom is 0.416 e. The van der Waals surface area contributed by atoms with E-state index in [-0.39, 0.29) is 40.5 Å². The van der Waals surface area contributed by atoms with Gasteiger partial charge in [0, 0.05) is 35.5 Å². The highest BCUT2D eigenvalue weighted by atomic mass is 19.4. The number of non-ortho nitro benzene ring substituents is 1. The highest BCUT2D eigenvalue weighted by molar-refractivity contribution is 6.01. The third kappa shape index (κ3) is 4.25. The second kappa shape index (κ2) is 8.27. The average molecular weight is 482 g/mol. The lowest BCUT2D eigenvalue weighted by Crippen LogP contribution is -2.42. The fourth-order valence-electron chi connectivity index (χ4n) is 4.75. The first-order valence-corrected chi connectivity index (χ1v) is 10.7. The summed E-state index contributed by atoms with van der Waals surface area (Å²) in [5, 5.41) is 21.1. The number of halogens is 3. The molecule has 1 aliphatic carbocycles. The number of nitrogens with two attached hydrogens (primary N) is 1. The van der Waals surface area contributed by atoms with Crippen LogP contribution in [0.2, 0.25) is 0 Å². The van der Waals surface area contributed by atoms with Crippen LogP contribution in [0.25, 0.3) is 0 Å². The molecule has 2 aliphatic rings. The Kier molecular flexibility index (Phi) is 5.67. The molecular formula is C25H21F3N4O3. The van der Waals surface area contributed by atoms with E-state index >= 15 is 0 Å². The van der Waals surface area contributed by atoms with Crippen LogP contribution in [0.1, 0.15) is 43.7 Å². The van der Waals surface area contributed by atoms with Gasteiger partial charge in [0.2, 0.25) is 0 Å². The Bertz CT molecular complexity index is 1330. The van der Waals surface area contributed by atoms with Crippen LogP contribution in [-0.2, 0) is 11.0 Å². The topological polar surface area (TPSA) is 113 Å². The molecule has 35 heavy (non-hydrogen) atoms. The standard InChI is InChI=1S/C25H21F3N4O3/c1-24(2)11-19-22(20(33)12-24)21(14-6-8-16(9-7-14)32(34)35)18(13-29)23(30)31(19)17-5-3-4-15(10-17)25(26,27)28/h3-10,21H,11-12,30H2,1-2H3/t21-/m1/s1. The molecular weight excluding hydrogens is 461 g/mol. The Labute approximate surface area is 199 Å². The number of hydrogen-bond donors (Lipinski definition) is 1. The van der Waals surface area contributed by atoms with Crippen molar-refractivity contribution >= 4 is 17.2 Å². The van der Waals surface area contributed by atoms with Gasteiger partial charge in [0.1, 0.15) is 5.82 Å². The predicted molar refractivity (Wildman–Crippen MR) is 122 cm³/mol. The molecule has 1 aliphatic heterocycles. The summed E-state index contributed by atoms with van der Waals surface area (Å²) in [6.45, 7) is 3.75. The van der Waals surface area contributed by atoms with Crippen molar-refractivity contribution in [3.05, 3.63) is 92.4 Å². The molecule has 7 nitrogen and oxygen atoms in total. The molecule has 0 unspecified atom stereocenters. The zero-order valence-electron chi connectivity index (χ0n) is 18.9. The number of nitro groups is 1. The molecule has 2 N–H and O–H groups in total. The van der Waals surface area contributed by atoms with Gasteiger partial charge in [-0.05, 0) is 35.6 Å². The number of benzene rings is 2. The van der Waals surface area contributed by atoms with E-state index in [2.05, 4.69) is 0 Å². The fourth-order valence-corrected chi connectivity index (χ4v) is 4.75. The van der Waals surface area contributed by atoms with Gasteiger partial charge in [-0.25, -0.2) is 0 Å². The summed E-state index contributed by atoms with van der Waals surface area (Å²) in [5.41, 5.74) is 6.10. The van der Waals surface area contributed by atoms with E-state index in [4.69, 9.17) is 5.73 Å². The lowest BCUT2D eigenvalue weighted by atomic mass is 9.68. The molecule has 1 heterocycles. The van der Waals surface area contributed by atoms with Crippen molar-refractivity contribution in [3.8, 4) is 6.07 Å². The van der Waals surface area contributed by atoms with Gasteiger partial charge < -0.3 is 5.73 Å². The summed E-state index contributed by atoms with van der Waals surface area (Å²) in [7, 11) is 0. The van der Waals surface area contributed by atoms with Gasteiger partial charge >= 0.3 is 6.18 Å². The third-order valence-corrected chi connectivity index (χ3v) is 6.25. The zero-order valence-corrected chi connectivity index (χ0v) is 18.9. The lowest BCUT2D eigenvalue weighted by Gasteiger charge is -2.43. The van der Waals surface area contributed by atoms with E-state index in [0.29, 0.717) is 17.7 Å². The van der Waals surface area contributed by atoms with Crippen LogP contribution in [0.3, 0.4) is 0 Å². The maximum atomic E-state index is 13.4. The number of nitrogens with zero attached hydrogens (tertiary/aromatic N) is 3. The first-order chi connectivity index (χ1) is 16.3. The monoisotopic (exact) mass is 482 g/mol. The van der Waals surface area contributed by atoms with Gasteiger partial charge in [-0.1, -0.05) is 32.0 Å². The first-order valence-electron chi connectivity index (χ1n) is 10.7. The number of alkyl halides is 3. The zero-order chi connectivity index (χ0) is 25.7. The van der Waals surface area contributed by atoms with Crippen molar-refractivity contribution in [1.29, 1.82) is 5.26 Å². The van der Waals surface area contributed by atoms with E-state index in [1.807, 2.05) is 19.9 Å². The average Bonchev–Trinajstić information content (AvgIpc) is 2.77. The Balaban J connectivity index is 1.97. The van der Waals surface area contributed by atoms with Crippen molar-refractivity contribution in [2.24, 2.45) is 11.1 Å². The molecule has 0 amide bonds. The number of Topliss-reactive ketones (excluding diaryl/α,β-unsaturated/α-hetero) is 1. The number of carbonyl (C=O) groups excluding carboxylic acids is 1. The van der Waals surface area contributed by atoms with Crippen LogP contribution in [-0.4, -0.2) is 10.7 Å². The van der Waals surface area contributed by atoms with Crippen LogP contribution >= 0.6 is 0 Å². The number of carbonyl (C=O) groups is 1. The molecule has 180 valence electrons. The van der Waals surface area contributed by atoms with Crippen molar-refractivity contribution in [3.63, 3.8) is 0 Å². The number of rotatable bonds is 3. The summed E-state index contributed by atoms with van der Waals surface area (Å²) in [5.74, 6) is -1.22. The number of hydrogen-bond acceptors (Lipinski definition) is 6. The lowest BCUT2D eigenvalue weighted by molar-refractivity contribution is -0.384. The number of ketones is 1. The van der Waals surface area contributed by atoms with Crippen LogP contribution in [0, 0.1) is 26.9 Å². The van der Waals surface area contributed by atoms with Gasteiger partial charge in [-0.2, -0.15) is 18.4 Å². The van der Waals surface area contributed by atoms with Gasteiger partial charge in [0.05, 0.1) is 28.0 Å². The summed E-state index contributed by atoms with van der Waals surface area (Å²) in [6.07, 6.45) is -4.10. The van der Waals surface area contributed by atoms with Crippen molar-refractivity contribution in [2.75, 3.05) is 4.90 Å². The minimum absolute atomic E-state index is 0.0110. The fraction of sp³-hybridized carbons (Fsp3) is 0.280. The van der Waals surface area contributed by atoms with E-state index in [9.17, 15) is 33.3 Å². The van der Waals surface area contributed by atoms with Crippen LogP contribution in [0.5, 0.6) is 0 Å². The second-order valence-corrected chi connectivity index (χ2v) is 9.38. The highest BCUT2D eigenvalue weighted by Gasteiger charge is 2.45. The minimum atomic E-state index is -4.59. The second-order valence-electron chi connectivity index (χ2n) is 9.38. The number of nitriles is 1. The Morgan fingerprint density at radius 2 is 1.83 bits per heavy atom. The molecule has 0 aromatic heterocycles.